The highest BCUT2D eigenvalue weighted by molar-refractivity contribution is 6.14. The van der Waals surface area contributed by atoms with Gasteiger partial charge in [-0.15, -0.1) is 0 Å². The van der Waals surface area contributed by atoms with Crippen molar-refractivity contribution >= 4 is 22.4 Å². The maximum Gasteiger partial charge on any atom is 0.260 e. The number of hydrogen-bond acceptors (Lipinski definition) is 4. The summed E-state index contributed by atoms with van der Waals surface area (Å²) in [6, 6.07) is 23.1. The van der Waals surface area contributed by atoms with Crippen LogP contribution < -0.4 is 5.32 Å². The second-order valence-corrected chi connectivity index (χ2v) is 7.15. The van der Waals surface area contributed by atoms with Crippen molar-refractivity contribution in [3.8, 4) is 17.2 Å². The SMILES string of the molecule is O=C(Nc1ccc(CCc2ccc(O)c(O)c2)cc1)c1c(O)ccc2ccccc12. The molecule has 4 aromatic carbocycles. The lowest BCUT2D eigenvalue weighted by Gasteiger charge is -2.11. The van der Waals surface area contributed by atoms with E-state index >= 15 is 0 Å². The van der Waals surface area contributed by atoms with Gasteiger partial charge in [-0.3, -0.25) is 4.79 Å². The van der Waals surface area contributed by atoms with Crippen LogP contribution in [0.1, 0.15) is 21.5 Å². The Hall–Kier alpha value is -3.99. The van der Waals surface area contributed by atoms with Gasteiger partial charge in [-0.1, -0.05) is 48.5 Å². The molecule has 4 N–H and O–H groups in total. The molecule has 0 fully saturated rings. The predicted octanol–water partition coefficient (Wildman–Crippen LogP) is 4.99. The fourth-order valence-electron chi connectivity index (χ4n) is 3.46. The molecule has 4 rings (SSSR count). The van der Waals surface area contributed by atoms with Crippen LogP contribution >= 0.6 is 0 Å². The van der Waals surface area contributed by atoms with E-state index in [1.807, 2.05) is 48.5 Å². The first-order valence-electron chi connectivity index (χ1n) is 9.63. The molecule has 30 heavy (non-hydrogen) atoms. The van der Waals surface area contributed by atoms with E-state index in [1.165, 1.54) is 12.1 Å². The Morgan fingerprint density at radius 2 is 1.37 bits per heavy atom. The molecular weight excluding hydrogens is 378 g/mol. The Balaban J connectivity index is 1.45. The number of phenolic OH excluding ortho intramolecular Hbond substituents is 3. The monoisotopic (exact) mass is 399 g/mol. The molecule has 1 amide bonds. The van der Waals surface area contributed by atoms with Crippen LogP contribution in [0.15, 0.2) is 78.9 Å². The van der Waals surface area contributed by atoms with Crippen LogP contribution in [0.4, 0.5) is 5.69 Å². The zero-order valence-corrected chi connectivity index (χ0v) is 16.2. The highest BCUT2D eigenvalue weighted by Crippen LogP contribution is 2.28. The second kappa shape index (κ2) is 8.17. The molecule has 0 aliphatic carbocycles. The van der Waals surface area contributed by atoms with Crippen LogP contribution in [0, 0.1) is 0 Å². The van der Waals surface area contributed by atoms with Crippen LogP contribution in [0.2, 0.25) is 0 Å². The summed E-state index contributed by atoms with van der Waals surface area (Å²) in [5.41, 5.74) is 2.89. The summed E-state index contributed by atoms with van der Waals surface area (Å²) in [6.45, 7) is 0. The summed E-state index contributed by atoms with van der Waals surface area (Å²) in [4.78, 5) is 12.8. The standard InChI is InChI=1S/C25H21NO4/c27-21-13-9-17(15-23(21)29)6-5-16-7-11-19(12-8-16)26-25(30)24-20-4-2-1-3-18(20)10-14-22(24)28/h1-4,7-15,27-29H,5-6H2,(H,26,30). The van der Waals surface area contributed by atoms with Gasteiger partial charge in [0.05, 0.1) is 5.56 Å². The molecule has 0 aliphatic heterocycles. The number of rotatable bonds is 5. The lowest BCUT2D eigenvalue weighted by atomic mass is 10.0. The number of hydrogen-bond donors (Lipinski definition) is 4. The smallest absolute Gasteiger partial charge is 0.260 e. The fraction of sp³-hybridized carbons (Fsp3) is 0.0800. The maximum atomic E-state index is 12.8. The third kappa shape index (κ3) is 4.05. The summed E-state index contributed by atoms with van der Waals surface area (Å²) in [5, 5.41) is 33.6. The highest BCUT2D eigenvalue weighted by Gasteiger charge is 2.15. The second-order valence-electron chi connectivity index (χ2n) is 7.15. The molecule has 0 bridgehead atoms. The lowest BCUT2D eigenvalue weighted by molar-refractivity contribution is 0.102. The third-order valence-corrected chi connectivity index (χ3v) is 5.09. The van der Waals surface area contributed by atoms with Crippen LogP contribution in [0.3, 0.4) is 0 Å². The number of nitrogens with one attached hydrogen (secondary N) is 1. The average Bonchev–Trinajstić information content (AvgIpc) is 2.75. The molecule has 5 nitrogen and oxygen atoms in total. The van der Waals surface area contributed by atoms with Crippen molar-refractivity contribution in [2.24, 2.45) is 0 Å². The number of aryl methyl sites for hydroxylation is 2. The number of anilines is 1. The molecule has 0 radical (unpaired) electrons. The Morgan fingerprint density at radius 3 is 2.13 bits per heavy atom. The molecule has 0 unspecified atom stereocenters. The van der Waals surface area contributed by atoms with Gasteiger partial charge < -0.3 is 20.6 Å². The predicted molar refractivity (Wildman–Crippen MR) is 117 cm³/mol. The van der Waals surface area contributed by atoms with E-state index in [0.717, 1.165) is 22.9 Å². The number of amides is 1. The third-order valence-electron chi connectivity index (χ3n) is 5.09. The number of aromatic hydroxyl groups is 3. The van der Waals surface area contributed by atoms with Gasteiger partial charge in [0.25, 0.3) is 5.91 Å². The zero-order chi connectivity index (χ0) is 21.1. The van der Waals surface area contributed by atoms with Crippen LogP contribution in [0.5, 0.6) is 17.2 Å². The van der Waals surface area contributed by atoms with E-state index in [-0.39, 0.29) is 28.7 Å². The molecule has 0 saturated carbocycles. The highest BCUT2D eigenvalue weighted by atomic mass is 16.3. The van der Waals surface area contributed by atoms with Crippen molar-refractivity contribution in [1.82, 2.24) is 0 Å². The van der Waals surface area contributed by atoms with E-state index in [1.54, 1.807) is 18.2 Å². The molecule has 0 aliphatic rings. The van der Waals surface area contributed by atoms with Crippen molar-refractivity contribution in [2.75, 3.05) is 5.32 Å². The van der Waals surface area contributed by atoms with E-state index < -0.39 is 0 Å². The Morgan fingerprint density at radius 1 is 0.700 bits per heavy atom. The lowest BCUT2D eigenvalue weighted by Crippen LogP contribution is -2.12. The van der Waals surface area contributed by atoms with Crippen LogP contribution in [-0.2, 0) is 12.8 Å². The topological polar surface area (TPSA) is 89.8 Å². The molecule has 5 heteroatoms. The summed E-state index contributed by atoms with van der Waals surface area (Å²) >= 11 is 0. The van der Waals surface area contributed by atoms with Crippen LogP contribution in [0.25, 0.3) is 10.8 Å². The van der Waals surface area contributed by atoms with Crippen molar-refractivity contribution < 1.29 is 20.1 Å². The molecule has 0 atom stereocenters. The van der Waals surface area contributed by atoms with Gasteiger partial charge in [-0.2, -0.15) is 0 Å². The first-order chi connectivity index (χ1) is 14.5. The summed E-state index contributed by atoms with van der Waals surface area (Å²) in [7, 11) is 0. The van der Waals surface area contributed by atoms with E-state index in [4.69, 9.17) is 0 Å². The molecule has 0 spiro atoms. The Kier molecular flexibility index (Phi) is 5.26. The largest absolute Gasteiger partial charge is 0.507 e. The number of carbonyl (C=O) groups is 1. The minimum atomic E-state index is -0.364. The van der Waals surface area contributed by atoms with Gasteiger partial charge in [0.2, 0.25) is 0 Å². The quantitative estimate of drug-likeness (QED) is 0.356. The first kappa shape index (κ1) is 19.3. The summed E-state index contributed by atoms with van der Waals surface area (Å²) in [5.74, 6) is -0.671. The molecule has 0 heterocycles. The van der Waals surface area contributed by atoms with Gasteiger partial charge in [0.1, 0.15) is 5.75 Å². The Bertz CT molecular complexity index is 1220. The zero-order valence-electron chi connectivity index (χ0n) is 16.2. The number of carbonyl (C=O) groups excluding carboxylic acids is 1. The molecular formula is C25H21NO4. The average molecular weight is 399 g/mol. The van der Waals surface area contributed by atoms with Gasteiger partial charge >= 0.3 is 0 Å². The minimum absolute atomic E-state index is 0.0556. The van der Waals surface area contributed by atoms with Gasteiger partial charge in [-0.25, -0.2) is 0 Å². The van der Waals surface area contributed by atoms with Crippen molar-refractivity contribution in [3.63, 3.8) is 0 Å². The van der Waals surface area contributed by atoms with Crippen molar-refractivity contribution in [1.29, 1.82) is 0 Å². The minimum Gasteiger partial charge on any atom is -0.507 e. The van der Waals surface area contributed by atoms with E-state index in [2.05, 4.69) is 5.32 Å². The first-order valence-corrected chi connectivity index (χ1v) is 9.63. The number of benzene rings is 4. The molecule has 0 aromatic heterocycles. The van der Waals surface area contributed by atoms with Gasteiger partial charge in [-0.05, 0) is 65.1 Å². The molecule has 0 saturated heterocycles. The van der Waals surface area contributed by atoms with Gasteiger partial charge in [0, 0.05) is 5.69 Å². The summed E-state index contributed by atoms with van der Waals surface area (Å²) < 4.78 is 0. The fourth-order valence-corrected chi connectivity index (χ4v) is 3.46. The molecule has 150 valence electrons. The number of fused-ring (bicyclic) bond motifs is 1. The van der Waals surface area contributed by atoms with E-state index in [9.17, 15) is 20.1 Å². The van der Waals surface area contributed by atoms with Gasteiger partial charge in [0.15, 0.2) is 11.5 Å². The maximum absolute atomic E-state index is 12.8. The van der Waals surface area contributed by atoms with Crippen molar-refractivity contribution in [2.45, 2.75) is 12.8 Å². The number of phenols is 3. The molecule has 4 aromatic rings. The van der Waals surface area contributed by atoms with E-state index in [0.29, 0.717) is 17.5 Å². The summed E-state index contributed by atoms with van der Waals surface area (Å²) in [6.07, 6.45) is 1.46. The van der Waals surface area contributed by atoms with Crippen molar-refractivity contribution in [3.05, 3.63) is 95.6 Å². The van der Waals surface area contributed by atoms with Crippen LogP contribution in [-0.4, -0.2) is 21.2 Å². The Labute approximate surface area is 173 Å². The normalized spacial score (nSPS) is 10.8.